The van der Waals surface area contributed by atoms with Crippen molar-refractivity contribution in [3.63, 3.8) is 0 Å². The maximum atomic E-state index is 12.8. The first-order valence-electron chi connectivity index (χ1n) is 16.9. The Morgan fingerprint density at radius 3 is 2.54 bits per heavy atom. The van der Waals surface area contributed by atoms with E-state index < -0.39 is 6.03 Å². The van der Waals surface area contributed by atoms with Crippen molar-refractivity contribution >= 4 is 39.7 Å². The average molecular weight is 696 g/mol. The summed E-state index contributed by atoms with van der Waals surface area (Å²) < 4.78 is 5.02. The van der Waals surface area contributed by atoms with Gasteiger partial charge < -0.3 is 10.2 Å². The van der Waals surface area contributed by atoms with Crippen LogP contribution < -0.4 is 16.3 Å². The third-order valence-corrected chi connectivity index (χ3v) is 9.36. The summed E-state index contributed by atoms with van der Waals surface area (Å²) >= 11 is 0. The molecule has 1 fully saturated rings. The van der Waals surface area contributed by atoms with Gasteiger partial charge in [0, 0.05) is 57.5 Å². The number of aryl methyl sites for hydroxylation is 3. The Morgan fingerprint density at radius 2 is 1.79 bits per heavy atom. The second-order valence-corrected chi connectivity index (χ2v) is 13.2. The van der Waals surface area contributed by atoms with Crippen LogP contribution in [-0.2, 0) is 32.5 Å². The molecule has 0 atom stereocenters. The fourth-order valence-electron chi connectivity index (χ4n) is 6.56. The molecule has 2 aromatic carbocycles. The van der Waals surface area contributed by atoms with Gasteiger partial charge in [0.05, 0.1) is 35.5 Å². The van der Waals surface area contributed by atoms with Gasteiger partial charge in [-0.3, -0.25) is 38.7 Å². The highest BCUT2D eigenvalue weighted by atomic mass is 16.2. The lowest BCUT2D eigenvalue weighted by atomic mass is 9.93. The monoisotopic (exact) mass is 695 g/mol. The predicted molar refractivity (Wildman–Crippen MR) is 197 cm³/mol. The lowest BCUT2D eigenvalue weighted by molar-refractivity contribution is -0.121. The number of carbonyl (C=O) groups is 3. The number of benzene rings is 2. The quantitative estimate of drug-likeness (QED) is 0.238. The molecule has 5 heterocycles. The molecule has 0 radical (unpaired) electrons. The van der Waals surface area contributed by atoms with E-state index in [0.717, 1.165) is 49.8 Å². The molecule has 0 aliphatic carbocycles. The lowest BCUT2D eigenvalue weighted by Crippen LogP contribution is -2.48. The Kier molecular flexibility index (Phi) is 8.90. The van der Waals surface area contributed by atoms with Gasteiger partial charge in [-0.1, -0.05) is 38.0 Å². The number of pyridine rings is 2. The van der Waals surface area contributed by atoms with E-state index in [0.29, 0.717) is 17.9 Å². The summed E-state index contributed by atoms with van der Waals surface area (Å²) in [5, 5.41) is 11.5. The zero-order chi connectivity index (χ0) is 36.7. The van der Waals surface area contributed by atoms with Crippen molar-refractivity contribution in [2.45, 2.75) is 32.7 Å². The Morgan fingerprint density at radius 1 is 0.962 bits per heavy atom. The number of aromatic nitrogens is 6. The van der Waals surface area contributed by atoms with E-state index in [1.54, 1.807) is 46.2 Å². The van der Waals surface area contributed by atoms with Crippen LogP contribution in [-0.4, -0.2) is 64.7 Å². The molecule has 4 amide bonds. The van der Waals surface area contributed by atoms with Crippen molar-refractivity contribution in [2.24, 2.45) is 21.1 Å². The molecule has 1 saturated heterocycles. The van der Waals surface area contributed by atoms with E-state index in [-0.39, 0.29) is 48.6 Å². The highest BCUT2D eigenvalue weighted by Gasteiger charge is 2.24. The van der Waals surface area contributed by atoms with Crippen LogP contribution in [0.2, 0.25) is 0 Å². The third kappa shape index (κ3) is 6.42. The van der Waals surface area contributed by atoms with Gasteiger partial charge in [-0.25, -0.2) is 9.59 Å². The number of imidazole rings is 1. The molecular weight excluding hydrogens is 658 g/mol. The molecule has 2 N–H and O–H groups in total. The van der Waals surface area contributed by atoms with Crippen molar-refractivity contribution in [1.29, 1.82) is 0 Å². The Bertz CT molecular complexity index is 2530. The molecule has 1 aliphatic heterocycles. The van der Waals surface area contributed by atoms with E-state index in [4.69, 9.17) is 4.98 Å². The van der Waals surface area contributed by atoms with Crippen LogP contribution in [0.15, 0.2) is 71.8 Å². The number of nitrogens with zero attached hydrogens (tertiary/aromatic N) is 7. The summed E-state index contributed by atoms with van der Waals surface area (Å²) in [4.78, 5) is 59.7. The van der Waals surface area contributed by atoms with Gasteiger partial charge in [-0.15, -0.1) is 0 Å². The number of urea groups is 1. The maximum Gasteiger partial charge on any atom is 0.328 e. The molecule has 0 bridgehead atoms. The maximum absolute atomic E-state index is 12.8. The van der Waals surface area contributed by atoms with Crippen LogP contribution in [0.25, 0.3) is 44.2 Å². The van der Waals surface area contributed by atoms with E-state index >= 15 is 0 Å². The number of nitrogens with one attached hydrogen (secondary N) is 2. The molecule has 262 valence electrons. The minimum Gasteiger partial charge on any atom is -0.340 e. The van der Waals surface area contributed by atoms with E-state index in [1.165, 1.54) is 4.90 Å². The van der Waals surface area contributed by atoms with Crippen molar-refractivity contribution in [2.75, 3.05) is 13.1 Å². The molecule has 1 aliphatic rings. The SMILES string of the molecule is CC(C)c1cc(-c2cccc3cc(-c4ccc(C(=O)NCC#Cc5cc(CN6CCC(=O)NC6=O)nn5C)nc4)ncc23)cc2c1n(C)c(=O)n2C. The first kappa shape index (κ1) is 33.9. The van der Waals surface area contributed by atoms with Crippen molar-refractivity contribution in [3.05, 3.63) is 100 Å². The van der Waals surface area contributed by atoms with Gasteiger partial charge in [-0.05, 0) is 70.3 Å². The van der Waals surface area contributed by atoms with Crippen molar-refractivity contribution in [3.8, 4) is 34.2 Å². The first-order valence-corrected chi connectivity index (χ1v) is 16.9. The zero-order valence-corrected chi connectivity index (χ0v) is 29.5. The normalized spacial score (nSPS) is 13.1. The summed E-state index contributed by atoms with van der Waals surface area (Å²) in [6.07, 6.45) is 3.75. The number of fused-ring (bicyclic) bond motifs is 2. The fourth-order valence-corrected chi connectivity index (χ4v) is 6.56. The van der Waals surface area contributed by atoms with Crippen LogP contribution in [0.5, 0.6) is 0 Å². The number of hydrogen-bond donors (Lipinski definition) is 2. The molecule has 0 spiro atoms. The third-order valence-electron chi connectivity index (χ3n) is 9.36. The molecule has 52 heavy (non-hydrogen) atoms. The lowest BCUT2D eigenvalue weighted by Gasteiger charge is -2.25. The summed E-state index contributed by atoms with van der Waals surface area (Å²) in [5.41, 5.74) is 7.96. The standard InChI is InChI=1S/C39H37N9O4/c1-23(2)30-16-26(18-34-36(30)46(4)39(52)45(34)3)29-10-6-8-24-17-33(42-21-31(24)29)25-11-12-32(41-20-25)37(50)40-14-7-9-28-19-27(44-47(28)5)22-48-15-13-35(49)43-38(48)51/h6,8,10-12,16-21,23H,13-15,22H2,1-5H3,(H,40,50)(H,43,49,51). The van der Waals surface area contributed by atoms with Crippen LogP contribution in [0, 0.1) is 11.8 Å². The Balaban J connectivity index is 1.03. The van der Waals surface area contributed by atoms with E-state index in [2.05, 4.69) is 64.6 Å². The number of hydrogen-bond acceptors (Lipinski definition) is 7. The van der Waals surface area contributed by atoms with Crippen LogP contribution in [0.4, 0.5) is 4.79 Å². The molecule has 4 aromatic heterocycles. The number of imide groups is 1. The predicted octanol–water partition coefficient (Wildman–Crippen LogP) is 4.23. The Hall–Kier alpha value is -6.55. The smallest absolute Gasteiger partial charge is 0.328 e. The molecule has 0 saturated carbocycles. The van der Waals surface area contributed by atoms with Crippen LogP contribution >= 0.6 is 0 Å². The average Bonchev–Trinajstić information content (AvgIpc) is 3.60. The zero-order valence-electron chi connectivity index (χ0n) is 29.5. The highest BCUT2D eigenvalue weighted by molar-refractivity contribution is 6.00. The number of carbonyl (C=O) groups excluding carboxylic acids is 3. The molecule has 0 unspecified atom stereocenters. The van der Waals surface area contributed by atoms with Gasteiger partial charge >= 0.3 is 11.7 Å². The minimum atomic E-state index is -0.435. The summed E-state index contributed by atoms with van der Waals surface area (Å²) in [6.45, 7) is 4.97. The van der Waals surface area contributed by atoms with Gasteiger partial charge in [0.2, 0.25) is 5.91 Å². The molecule has 7 rings (SSSR count). The van der Waals surface area contributed by atoms with Crippen molar-refractivity contribution in [1.82, 2.24) is 44.4 Å². The van der Waals surface area contributed by atoms with Gasteiger partial charge in [0.1, 0.15) is 11.4 Å². The molecule has 13 nitrogen and oxygen atoms in total. The molecule has 6 aromatic rings. The van der Waals surface area contributed by atoms with Gasteiger partial charge in [0.25, 0.3) is 5.91 Å². The largest absolute Gasteiger partial charge is 0.340 e. The molecule has 13 heteroatoms. The Labute approximate surface area is 299 Å². The summed E-state index contributed by atoms with van der Waals surface area (Å²) in [7, 11) is 5.37. The van der Waals surface area contributed by atoms with Crippen LogP contribution in [0.1, 0.15) is 53.6 Å². The van der Waals surface area contributed by atoms with Crippen molar-refractivity contribution < 1.29 is 14.4 Å². The van der Waals surface area contributed by atoms with Crippen LogP contribution in [0.3, 0.4) is 0 Å². The summed E-state index contributed by atoms with van der Waals surface area (Å²) in [5.74, 6) is 5.51. The van der Waals surface area contributed by atoms with Gasteiger partial charge in [-0.2, -0.15) is 5.10 Å². The summed E-state index contributed by atoms with van der Waals surface area (Å²) in [6, 6.07) is 17.2. The minimum absolute atomic E-state index is 0.0522. The number of amides is 4. The second kappa shape index (κ2) is 13.6. The first-order chi connectivity index (χ1) is 25.0. The topological polar surface area (TPSA) is 149 Å². The van der Waals surface area contributed by atoms with Gasteiger partial charge in [0.15, 0.2) is 0 Å². The second-order valence-electron chi connectivity index (χ2n) is 13.2. The fraction of sp³-hybridized carbons (Fsp3) is 0.256. The number of rotatable bonds is 7. The van der Waals surface area contributed by atoms with E-state index in [9.17, 15) is 19.2 Å². The van der Waals surface area contributed by atoms with E-state index in [1.807, 2.05) is 37.5 Å². The molecular formula is C39H37N9O4. The highest BCUT2D eigenvalue weighted by Crippen LogP contribution is 2.35.